The van der Waals surface area contributed by atoms with Crippen molar-refractivity contribution in [3.63, 3.8) is 0 Å². The van der Waals surface area contributed by atoms with E-state index in [1.807, 2.05) is 18.2 Å². The third-order valence-corrected chi connectivity index (χ3v) is 7.24. The molecule has 3 nitrogen and oxygen atoms in total. The molecular formula is C15H16ClNO2S2. The van der Waals surface area contributed by atoms with Crippen molar-refractivity contribution in [1.82, 2.24) is 4.72 Å². The molecule has 0 atom stereocenters. The number of thiophene rings is 1. The van der Waals surface area contributed by atoms with Gasteiger partial charge in [0.05, 0.1) is 4.34 Å². The van der Waals surface area contributed by atoms with E-state index in [1.165, 1.54) is 5.56 Å². The maximum atomic E-state index is 12.3. The molecule has 1 aromatic carbocycles. The Morgan fingerprint density at radius 1 is 1.14 bits per heavy atom. The lowest BCUT2D eigenvalue weighted by Crippen LogP contribution is -2.45. The topological polar surface area (TPSA) is 46.2 Å². The molecule has 112 valence electrons. The lowest BCUT2D eigenvalue weighted by Gasteiger charge is -2.42. The van der Waals surface area contributed by atoms with Crippen LogP contribution in [0.3, 0.4) is 0 Å². The highest BCUT2D eigenvalue weighted by atomic mass is 35.5. The number of benzene rings is 1. The first-order valence-corrected chi connectivity index (χ1v) is 9.50. The highest BCUT2D eigenvalue weighted by Gasteiger charge is 2.39. The van der Waals surface area contributed by atoms with E-state index in [0.29, 0.717) is 10.9 Å². The Morgan fingerprint density at radius 3 is 2.38 bits per heavy atom. The Labute approximate surface area is 134 Å². The molecule has 1 aromatic heterocycles. The van der Waals surface area contributed by atoms with Crippen LogP contribution in [0.1, 0.15) is 24.8 Å². The monoisotopic (exact) mass is 341 g/mol. The first kappa shape index (κ1) is 15.0. The summed E-state index contributed by atoms with van der Waals surface area (Å²) in [5.74, 6) is 0. The molecule has 1 aliphatic carbocycles. The second-order valence-electron chi connectivity index (χ2n) is 5.38. The summed E-state index contributed by atoms with van der Waals surface area (Å²) in [4.78, 5) is 0. The van der Waals surface area contributed by atoms with Gasteiger partial charge >= 0.3 is 0 Å². The highest BCUT2D eigenvalue weighted by molar-refractivity contribution is 7.91. The summed E-state index contributed by atoms with van der Waals surface area (Å²) < 4.78 is 28.1. The van der Waals surface area contributed by atoms with E-state index in [0.717, 1.165) is 30.6 Å². The number of hydrogen-bond acceptors (Lipinski definition) is 3. The molecular weight excluding hydrogens is 326 g/mol. The quantitative estimate of drug-likeness (QED) is 0.899. The van der Waals surface area contributed by atoms with E-state index in [-0.39, 0.29) is 9.62 Å². The van der Waals surface area contributed by atoms with Crippen LogP contribution in [0.25, 0.3) is 0 Å². The standard InChI is InChI=1S/C15H16ClNO2S2/c16-13-7-8-14(20-13)21(18,19)17-11-15(9-4-10-15)12-5-2-1-3-6-12/h1-3,5-8,17H,4,9-11H2. The van der Waals surface area contributed by atoms with Crippen LogP contribution in [-0.4, -0.2) is 15.0 Å². The zero-order valence-corrected chi connectivity index (χ0v) is 13.8. The van der Waals surface area contributed by atoms with Crippen molar-refractivity contribution < 1.29 is 8.42 Å². The Balaban J connectivity index is 1.77. The predicted octanol–water partition coefficient (Wildman–Crippen LogP) is 3.80. The van der Waals surface area contributed by atoms with Gasteiger partial charge in [-0.1, -0.05) is 48.4 Å². The summed E-state index contributed by atoms with van der Waals surface area (Å²) in [6.45, 7) is 0.439. The fourth-order valence-electron chi connectivity index (χ4n) is 2.71. The fourth-order valence-corrected chi connectivity index (χ4v) is 5.36. The second-order valence-corrected chi connectivity index (χ2v) is 9.09. The molecule has 1 fully saturated rings. The van der Waals surface area contributed by atoms with E-state index < -0.39 is 10.0 Å². The molecule has 21 heavy (non-hydrogen) atoms. The normalized spacial score (nSPS) is 17.4. The fraction of sp³-hybridized carbons (Fsp3) is 0.333. The third kappa shape index (κ3) is 3.01. The van der Waals surface area contributed by atoms with Gasteiger partial charge in [-0.25, -0.2) is 13.1 Å². The average Bonchev–Trinajstić information content (AvgIpc) is 2.86. The van der Waals surface area contributed by atoms with Crippen molar-refractivity contribution in [3.05, 3.63) is 52.4 Å². The van der Waals surface area contributed by atoms with Gasteiger partial charge in [-0.3, -0.25) is 0 Å². The Morgan fingerprint density at radius 2 is 1.86 bits per heavy atom. The van der Waals surface area contributed by atoms with Crippen LogP contribution >= 0.6 is 22.9 Å². The minimum atomic E-state index is -3.47. The number of rotatable bonds is 5. The maximum absolute atomic E-state index is 12.3. The smallest absolute Gasteiger partial charge is 0.210 e. The molecule has 1 saturated carbocycles. The van der Waals surface area contributed by atoms with Gasteiger partial charge in [0.25, 0.3) is 0 Å². The van der Waals surface area contributed by atoms with E-state index in [1.54, 1.807) is 12.1 Å². The zero-order valence-electron chi connectivity index (χ0n) is 11.4. The van der Waals surface area contributed by atoms with Crippen LogP contribution in [0.5, 0.6) is 0 Å². The summed E-state index contributed by atoms with van der Waals surface area (Å²) in [5.41, 5.74) is 1.15. The van der Waals surface area contributed by atoms with Crippen LogP contribution in [0.15, 0.2) is 46.7 Å². The predicted molar refractivity (Wildman–Crippen MR) is 86.5 cm³/mol. The Bertz CT molecular complexity index is 721. The van der Waals surface area contributed by atoms with Gasteiger partial charge < -0.3 is 0 Å². The molecule has 6 heteroatoms. The van der Waals surface area contributed by atoms with Crippen LogP contribution in [0, 0.1) is 0 Å². The third-order valence-electron chi connectivity index (χ3n) is 4.11. The van der Waals surface area contributed by atoms with Gasteiger partial charge in [0.1, 0.15) is 4.21 Å². The van der Waals surface area contributed by atoms with E-state index in [4.69, 9.17) is 11.6 Å². The number of hydrogen-bond donors (Lipinski definition) is 1. The molecule has 1 N–H and O–H groups in total. The van der Waals surface area contributed by atoms with Gasteiger partial charge in [0, 0.05) is 12.0 Å². The molecule has 1 heterocycles. The lowest BCUT2D eigenvalue weighted by atomic mass is 9.64. The molecule has 0 radical (unpaired) electrons. The first-order valence-electron chi connectivity index (χ1n) is 6.82. The maximum Gasteiger partial charge on any atom is 0.250 e. The molecule has 2 aromatic rings. The van der Waals surface area contributed by atoms with Crippen molar-refractivity contribution in [1.29, 1.82) is 0 Å². The molecule has 0 spiro atoms. The van der Waals surface area contributed by atoms with Crippen molar-refractivity contribution in [2.75, 3.05) is 6.54 Å². The van der Waals surface area contributed by atoms with Crippen LogP contribution in [0.2, 0.25) is 4.34 Å². The Kier molecular flexibility index (Phi) is 4.10. The molecule has 0 aliphatic heterocycles. The number of nitrogens with one attached hydrogen (secondary N) is 1. The van der Waals surface area contributed by atoms with Gasteiger partial charge in [-0.05, 0) is 30.5 Å². The van der Waals surface area contributed by atoms with Crippen molar-refractivity contribution in [3.8, 4) is 0 Å². The lowest BCUT2D eigenvalue weighted by molar-refractivity contribution is 0.245. The Hall–Kier alpha value is -0.880. The minimum Gasteiger partial charge on any atom is -0.210 e. The zero-order chi connectivity index (χ0) is 14.9. The average molecular weight is 342 g/mol. The van der Waals surface area contributed by atoms with Crippen LogP contribution in [0.4, 0.5) is 0 Å². The molecule has 3 rings (SSSR count). The van der Waals surface area contributed by atoms with Gasteiger partial charge in [-0.15, -0.1) is 11.3 Å². The molecule has 0 unspecified atom stereocenters. The van der Waals surface area contributed by atoms with E-state index in [9.17, 15) is 8.42 Å². The SMILES string of the molecule is O=S(=O)(NCC1(c2ccccc2)CCC1)c1ccc(Cl)s1. The first-order chi connectivity index (χ1) is 10.0. The summed E-state index contributed by atoms with van der Waals surface area (Å²) in [5, 5.41) is 0. The molecule has 1 aliphatic rings. The van der Waals surface area contributed by atoms with Crippen molar-refractivity contribution >= 4 is 33.0 Å². The van der Waals surface area contributed by atoms with Crippen molar-refractivity contribution in [2.45, 2.75) is 28.9 Å². The largest absolute Gasteiger partial charge is 0.250 e. The molecule has 0 amide bonds. The van der Waals surface area contributed by atoms with Crippen molar-refractivity contribution in [2.24, 2.45) is 0 Å². The molecule has 0 bridgehead atoms. The van der Waals surface area contributed by atoms with E-state index in [2.05, 4.69) is 16.9 Å². The van der Waals surface area contributed by atoms with E-state index >= 15 is 0 Å². The van der Waals surface area contributed by atoms with Crippen LogP contribution < -0.4 is 4.72 Å². The summed E-state index contributed by atoms with van der Waals surface area (Å²) in [6.07, 6.45) is 3.18. The van der Waals surface area contributed by atoms with Gasteiger partial charge in [0.2, 0.25) is 10.0 Å². The minimum absolute atomic E-state index is 0.0601. The summed E-state index contributed by atoms with van der Waals surface area (Å²) in [6, 6.07) is 13.3. The van der Waals surface area contributed by atoms with Gasteiger partial charge in [0.15, 0.2) is 0 Å². The second kappa shape index (κ2) is 5.72. The molecule has 0 saturated heterocycles. The number of halogens is 1. The summed E-state index contributed by atoms with van der Waals surface area (Å²) >= 11 is 6.90. The van der Waals surface area contributed by atoms with Crippen LogP contribution in [-0.2, 0) is 15.4 Å². The van der Waals surface area contributed by atoms with Gasteiger partial charge in [-0.2, -0.15) is 0 Å². The summed E-state index contributed by atoms with van der Waals surface area (Å²) in [7, 11) is -3.47. The highest BCUT2D eigenvalue weighted by Crippen LogP contribution is 2.43. The number of sulfonamides is 1.